The summed E-state index contributed by atoms with van der Waals surface area (Å²) in [5.74, 6) is -0.519. The fraction of sp³-hybridized carbons (Fsp3) is 0.316. The first kappa shape index (κ1) is 19.7. The first-order chi connectivity index (χ1) is 12.5. The van der Waals surface area contributed by atoms with Crippen molar-refractivity contribution in [2.24, 2.45) is 0 Å². The Hall–Kier alpha value is -2.67. The minimum atomic E-state index is -0.907. The number of carbonyl (C=O) groups is 3. The van der Waals surface area contributed by atoms with Crippen LogP contribution in [0, 0.1) is 0 Å². The molecule has 2 rings (SSSR count). The lowest BCUT2D eigenvalue weighted by atomic mass is 10.1. The van der Waals surface area contributed by atoms with Crippen LogP contribution < -0.4 is 10.1 Å². The molecule has 0 radical (unpaired) electrons. The normalized spacial score (nSPS) is 11.5. The van der Waals surface area contributed by atoms with Gasteiger partial charge in [0.2, 0.25) is 0 Å². The van der Waals surface area contributed by atoms with Crippen molar-refractivity contribution in [2.45, 2.75) is 32.9 Å². The maximum absolute atomic E-state index is 11.9. The quantitative estimate of drug-likeness (QED) is 0.538. The maximum atomic E-state index is 11.9. The fourth-order valence-electron chi connectivity index (χ4n) is 2.10. The lowest BCUT2D eigenvalue weighted by Gasteiger charge is -2.13. The SMILES string of the molecule is CCC(=O)c1ccc(OCC(=O)OC(C)C(=O)NCc2cccs2)cc1. The second-order valence-electron chi connectivity index (χ2n) is 5.52. The molecule has 138 valence electrons. The van der Waals surface area contributed by atoms with Gasteiger partial charge in [0.25, 0.3) is 5.91 Å². The number of hydrogen-bond acceptors (Lipinski definition) is 6. The number of carbonyl (C=O) groups excluding carboxylic acids is 3. The molecule has 6 nitrogen and oxygen atoms in total. The van der Waals surface area contributed by atoms with Crippen molar-refractivity contribution < 1.29 is 23.9 Å². The van der Waals surface area contributed by atoms with Crippen LogP contribution in [0.3, 0.4) is 0 Å². The predicted octanol–water partition coefficient (Wildman–Crippen LogP) is 2.97. The van der Waals surface area contributed by atoms with E-state index >= 15 is 0 Å². The zero-order valence-electron chi connectivity index (χ0n) is 14.7. The monoisotopic (exact) mass is 375 g/mol. The molecular weight excluding hydrogens is 354 g/mol. The van der Waals surface area contributed by atoms with Crippen LogP contribution in [0.2, 0.25) is 0 Å². The molecule has 26 heavy (non-hydrogen) atoms. The average molecular weight is 375 g/mol. The van der Waals surface area contributed by atoms with Gasteiger partial charge < -0.3 is 14.8 Å². The van der Waals surface area contributed by atoms with Gasteiger partial charge in [-0.25, -0.2) is 4.79 Å². The van der Waals surface area contributed by atoms with Crippen LogP contribution >= 0.6 is 11.3 Å². The molecule has 7 heteroatoms. The molecule has 1 heterocycles. The Labute approximate surface area is 156 Å². The van der Waals surface area contributed by atoms with Gasteiger partial charge in [0.15, 0.2) is 18.5 Å². The van der Waals surface area contributed by atoms with Crippen LogP contribution in [0.4, 0.5) is 0 Å². The molecule has 1 amide bonds. The van der Waals surface area contributed by atoms with E-state index in [0.29, 0.717) is 24.3 Å². The minimum Gasteiger partial charge on any atom is -0.482 e. The zero-order chi connectivity index (χ0) is 18.9. The molecule has 0 saturated carbocycles. The van der Waals surface area contributed by atoms with Gasteiger partial charge in [0.05, 0.1) is 6.54 Å². The summed E-state index contributed by atoms with van der Waals surface area (Å²) >= 11 is 1.54. The second-order valence-corrected chi connectivity index (χ2v) is 6.55. The maximum Gasteiger partial charge on any atom is 0.344 e. The van der Waals surface area contributed by atoms with Crippen LogP contribution in [-0.4, -0.2) is 30.4 Å². The largest absolute Gasteiger partial charge is 0.482 e. The van der Waals surface area contributed by atoms with Crippen molar-refractivity contribution in [3.05, 3.63) is 52.2 Å². The third kappa shape index (κ3) is 6.00. The van der Waals surface area contributed by atoms with Crippen LogP contribution in [0.25, 0.3) is 0 Å². The summed E-state index contributed by atoms with van der Waals surface area (Å²) in [5.41, 5.74) is 0.596. The van der Waals surface area contributed by atoms with E-state index in [-0.39, 0.29) is 18.3 Å². The fourth-order valence-corrected chi connectivity index (χ4v) is 2.74. The van der Waals surface area contributed by atoms with Gasteiger partial charge in [-0.3, -0.25) is 9.59 Å². The van der Waals surface area contributed by atoms with E-state index < -0.39 is 12.1 Å². The van der Waals surface area contributed by atoms with Gasteiger partial charge in [-0.2, -0.15) is 0 Å². The number of hydrogen-bond donors (Lipinski definition) is 1. The number of benzene rings is 1. The predicted molar refractivity (Wildman–Crippen MR) is 98.3 cm³/mol. The second kappa shape index (κ2) is 9.72. The summed E-state index contributed by atoms with van der Waals surface area (Å²) in [7, 11) is 0. The summed E-state index contributed by atoms with van der Waals surface area (Å²) in [6.07, 6.45) is -0.477. The molecule has 1 unspecified atom stereocenters. The summed E-state index contributed by atoms with van der Waals surface area (Å²) in [4.78, 5) is 36.3. The standard InChI is InChI=1S/C19H21NO5S/c1-3-17(21)14-6-8-15(9-7-14)24-12-18(22)25-13(2)19(23)20-11-16-5-4-10-26-16/h4-10,13H,3,11-12H2,1-2H3,(H,20,23). The van der Waals surface area contributed by atoms with Crippen molar-refractivity contribution in [2.75, 3.05) is 6.61 Å². The Bertz CT molecular complexity index is 740. The molecule has 0 aliphatic rings. The number of esters is 1. The number of nitrogens with one attached hydrogen (secondary N) is 1. The summed E-state index contributed by atoms with van der Waals surface area (Å²) < 4.78 is 10.4. The highest BCUT2D eigenvalue weighted by molar-refractivity contribution is 7.09. The van der Waals surface area contributed by atoms with Crippen LogP contribution in [0.15, 0.2) is 41.8 Å². The molecule has 1 N–H and O–H groups in total. The van der Waals surface area contributed by atoms with Gasteiger partial charge in [0, 0.05) is 16.9 Å². The topological polar surface area (TPSA) is 81.7 Å². The highest BCUT2D eigenvalue weighted by atomic mass is 32.1. The highest BCUT2D eigenvalue weighted by Gasteiger charge is 2.18. The summed E-state index contributed by atoms with van der Waals surface area (Å²) in [6.45, 7) is 3.38. The molecule has 0 spiro atoms. The average Bonchev–Trinajstić information content (AvgIpc) is 3.17. The van der Waals surface area contributed by atoms with E-state index in [9.17, 15) is 14.4 Å². The van der Waals surface area contributed by atoms with Crippen LogP contribution in [-0.2, 0) is 20.9 Å². The molecule has 0 bridgehead atoms. The molecular formula is C19H21NO5S. The van der Waals surface area contributed by atoms with Crippen molar-refractivity contribution in [1.29, 1.82) is 0 Å². The number of Topliss-reactive ketones (excluding diaryl/α,β-unsaturated/α-hetero) is 1. The van der Waals surface area contributed by atoms with Gasteiger partial charge in [0.1, 0.15) is 5.75 Å². The molecule has 1 aromatic heterocycles. The van der Waals surface area contributed by atoms with Gasteiger partial charge in [-0.15, -0.1) is 11.3 Å². The van der Waals surface area contributed by atoms with Crippen molar-refractivity contribution in [3.63, 3.8) is 0 Å². The Morgan fingerprint density at radius 1 is 1.15 bits per heavy atom. The van der Waals surface area contributed by atoms with E-state index in [1.807, 2.05) is 17.5 Å². The third-order valence-corrected chi connectivity index (χ3v) is 4.42. The Kier molecular flexibility index (Phi) is 7.35. The van der Waals surface area contributed by atoms with E-state index in [1.165, 1.54) is 18.3 Å². The Morgan fingerprint density at radius 3 is 2.50 bits per heavy atom. The van der Waals surface area contributed by atoms with Gasteiger partial charge in [-0.05, 0) is 42.6 Å². The molecule has 1 aromatic carbocycles. The lowest BCUT2D eigenvalue weighted by Crippen LogP contribution is -2.36. The molecule has 0 fully saturated rings. The van der Waals surface area contributed by atoms with E-state index in [1.54, 1.807) is 31.2 Å². The van der Waals surface area contributed by atoms with E-state index in [0.717, 1.165) is 4.88 Å². The lowest BCUT2D eigenvalue weighted by molar-refractivity contribution is -0.156. The number of rotatable bonds is 9. The van der Waals surface area contributed by atoms with Crippen molar-refractivity contribution in [3.8, 4) is 5.75 Å². The molecule has 0 aliphatic heterocycles. The van der Waals surface area contributed by atoms with Gasteiger partial charge >= 0.3 is 5.97 Å². The molecule has 0 saturated heterocycles. The van der Waals surface area contributed by atoms with Crippen LogP contribution in [0.1, 0.15) is 35.5 Å². The van der Waals surface area contributed by atoms with Crippen molar-refractivity contribution >= 4 is 29.0 Å². The van der Waals surface area contributed by atoms with E-state index in [2.05, 4.69) is 5.32 Å². The zero-order valence-corrected chi connectivity index (χ0v) is 15.5. The Morgan fingerprint density at radius 2 is 1.88 bits per heavy atom. The Balaban J connectivity index is 1.73. The summed E-state index contributed by atoms with van der Waals surface area (Å²) in [5, 5.41) is 4.63. The number of thiophene rings is 1. The molecule has 2 aromatic rings. The molecule has 0 aliphatic carbocycles. The van der Waals surface area contributed by atoms with Crippen LogP contribution in [0.5, 0.6) is 5.75 Å². The van der Waals surface area contributed by atoms with Crippen molar-refractivity contribution in [1.82, 2.24) is 5.32 Å². The smallest absolute Gasteiger partial charge is 0.344 e. The minimum absolute atomic E-state index is 0.0401. The number of amides is 1. The van der Waals surface area contributed by atoms with Gasteiger partial charge in [-0.1, -0.05) is 13.0 Å². The number of ether oxygens (including phenoxy) is 2. The first-order valence-corrected chi connectivity index (χ1v) is 9.13. The number of ketones is 1. The van der Waals surface area contributed by atoms with E-state index in [4.69, 9.17) is 9.47 Å². The summed E-state index contributed by atoms with van der Waals surface area (Å²) in [6, 6.07) is 10.3. The highest BCUT2D eigenvalue weighted by Crippen LogP contribution is 2.13. The first-order valence-electron chi connectivity index (χ1n) is 8.25. The molecule has 1 atom stereocenters. The third-order valence-electron chi connectivity index (χ3n) is 3.55.